The normalized spacial score (nSPS) is 14.1. The lowest BCUT2D eigenvalue weighted by Crippen LogP contribution is -2.44. The van der Waals surface area contributed by atoms with Crippen LogP contribution >= 0.6 is 0 Å². The molecule has 0 saturated carbocycles. The van der Waals surface area contributed by atoms with Crippen molar-refractivity contribution in [2.45, 2.75) is 51.5 Å². The van der Waals surface area contributed by atoms with Gasteiger partial charge in [-0.1, -0.05) is 18.2 Å². The van der Waals surface area contributed by atoms with E-state index in [4.69, 9.17) is 5.11 Å². The highest BCUT2D eigenvalue weighted by Gasteiger charge is 2.27. The van der Waals surface area contributed by atoms with Gasteiger partial charge in [0.2, 0.25) is 0 Å². The Balaban J connectivity index is 1.55. The minimum atomic E-state index is -1.69. The van der Waals surface area contributed by atoms with Gasteiger partial charge in [-0.05, 0) is 61.6 Å². The van der Waals surface area contributed by atoms with Crippen LogP contribution < -0.4 is 10.9 Å². The number of benzene rings is 2. The summed E-state index contributed by atoms with van der Waals surface area (Å²) in [6, 6.07) is 11.4. The van der Waals surface area contributed by atoms with Crippen molar-refractivity contribution in [3.8, 4) is 0 Å². The molecule has 0 saturated heterocycles. The molecule has 0 aliphatic heterocycles. The fraction of sp³-hybridized carbons (Fsp3) is 0.370. The van der Waals surface area contributed by atoms with Crippen molar-refractivity contribution < 1.29 is 25.2 Å². The van der Waals surface area contributed by atoms with E-state index in [1.807, 2.05) is 44.3 Å². The Morgan fingerprint density at radius 1 is 1.11 bits per heavy atom. The average Bonchev–Trinajstić information content (AvgIpc) is 3.31. The smallest absolute Gasteiger partial charge is 0.282 e. The van der Waals surface area contributed by atoms with E-state index in [-0.39, 0.29) is 5.69 Å². The van der Waals surface area contributed by atoms with Crippen LogP contribution in [-0.2, 0) is 13.0 Å². The van der Waals surface area contributed by atoms with E-state index in [2.05, 4.69) is 15.3 Å². The number of nitrogens with one attached hydrogen (secondary N) is 2. The topological polar surface area (TPSA) is 161 Å². The molecule has 10 nitrogen and oxygen atoms in total. The Hall–Kier alpha value is -3.57. The van der Waals surface area contributed by atoms with Crippen LogP contribution in [0.5, 0.6) is 0 Å². The van der Waals surface area contributed by atoms with Crippen LogP contribution in [0, 0.1) is 13.8 Å². The second-order valence-electron chi connectivity index (χ2n) is 9.33. The second kappa shape index (κ2) is 11.2. The molecule has 1 amide bonds. The molecule has 4 rings (SSSR count). The Bertz CT molecular complexity index is 1480. The minimum absolute atomic E-state index is 0.327. The molecule has 4 aromatic rings. The molecule has 10 heteroatoms. The number of carbonyl (C=O) groups is 1. The number of aliphatic hydroxyl groups is 4. The highest BCUT2D eigenvalue weighted by Crippen LogP contribution is 2.20. The van der Waals surface area contributed by atoms with Crippen molar-refractivity contribution in [1.82, 2.24) is 19.9 Å². The minimum Gasteiger partial charge on any atom is -0.394 e. The number of carbonyl (C=O) groups excluding carboxylic acids is 1. The van der Waals surface area contributed by atoms with Crippen LogP contribution in [0.25, 0.3) is 21.9 Å². The first-order valence-electron chi connectivity index (χ1n) is 12.2. The predicted molar refractivity (Wildman–Crippen MR) is 140 cm³/mol. The van der Waals surface area contributed by atoms with Crippen LogP contribution in [0.3, 0.4) is 0 Å². The summed E-state index contributed by atoms with van der Waals surface area (Å²) >= 11 is 0. The van der Waals surface area contributed by atoms with Gasteiger partial charge < -0.3 is 35.3 Å². The number of rotatable bonds is 10. The summed E-state index contributed by atoms with van der Waals surface area (Å²) in [5.74, 6) is -0.636. The average molecular weight is 509 g/mol. The van der Waals surface area contributed by atoms with E-state index in [0.717, 1.165) is 34.0 Å². The van der Waals surface area contributed by atoms with Gasteiger partial charge in [-0.2, -0.15) is 0 Å². The molecule has 2 heterocycles. The van der Waals surface area contributed by atoms with Gasteiger partial charge in [-0.25, -0.2) is 4.98 Å². The maximum Gasteiger partial charge on any atom is 0.282 e. The van der Waals surface area contributed by atoms with Gasteiger partial charge in [0.25, 0.3) is 11.5 Å². The summed E-state index contributed by atoms with van der Waals surface area (Å²) < 4.78 is 1.17. The van der Waals surface area contributed by atoms with Crippen molar-refractivity contribution in [3.63, 3.8) is 0 Å². The highest BCUT2D eigenvalue weighted by molar-refractivity contribution is 5.94. The number of aromatic nitrogens is 3. The molecular weight excluding hydrogens is 476 g/mol. The lowest BCUT2D eigenvalue weighted by atomic mass is 10.1. The highest BCUT2D eigenvalue weighted by atomic mass is 16.4. The number of aliphatic hydroxyl groups excluding tert-OH is 4. The number of aromatic amines is 1. The number of aryl methyl sites for hydroxylation is 3. The molecule has 2 aromatic carbocycles. The maximum absolute atomic E-state index is 13.3. The third-order valence-electron chi connectivity index (χ3n) is 6.71. The standard InChI is InChI=1S/C27H32N4O6/c1-15-10-20-21(11-16(15)2)31(13-22(33)25(35)23(34)14-32)27(37)24(30-20)26(36)28-9-5-6-17-12-29-19-8-4-3-7-18(17)19/h3-4,7-8,10-12,22-23,25,29,32-35H,5-6,9,13-14H2,1-2H3,(H,28,36)/t22-,23+,25-/m0/s1. The van der Waals surface area contributed by atoms with Gasteiger partial charge in [-0.3, -0.25) is 9.59 Å². The van der Waals surface area contributed by atoms with Crippen LogP contribution in [-0.4, -0.2) is 72.3 Å². The van der Waals surface area contributed by atoms with Gasteiger partial charge in [-0.15, -0.1) is 0 Å². The molecule has 2 aromatic heterocycles. The lowest BCUT2D eigenvalue weighted by molar-refractivity contribution is -0.0805. The summed E-state index contributed by atoms with van der Waals surface area (Å²) in [7, 11) is 0. The van der Waals surface area contributed by atoms with Crippen LogP contribution in [0.4, 0.5) is 0 Å². The third-order valence-corrected chi connectivity index (χ3v) is 6.71. The molecule has 6 N–H and O–H groups in total. The van der Waals surface area contributed by atoms with Crippen molar-refractivity contribution in [2.75, 3.05) is 13.2 Å². The number of hydrogen-bond acceptors (Lipinski definition) is 7. The zero-order chi connectivity index (χ0) is 26.7. The Morgan fingerprint density at radius 2 is 1.84 bits per heavy atom. The summed E-state index contributed by atoms with van der Waals surface area (Å²) in [5, 5.41) is 43.2. The molecule has 196 valence electrons. The van der Waals surface area contributed by atoms with Crippen LogP contribution in [0.1, 0.15) is 33.6 Å². The summed E-state index contributed by atoms with van der Waals surface area (Å²) in [4.78, 5) is 33.9. The van der Waals surface area contributed by atoms with E-state index >= 15 is 0 Å². The first-order valence-corrected chi connectivity index (χ1v) is 12.2. The first-order chi connectivity index (χ1) is 17.7. The van der Waals surface area contributed by atoms with E-state index in [9.17, 15) is 24.9 Å². The largest absolute Gasteiger partial charge is 0.394 e. The quantitative estimate of drug-likeness (QED) is 0.174. The molecule has 37 heavy (non-hydrogen) atoms. The van der Waals surface area contributed by atoms with E-state index in [0.29, 0.717) is 24.0 Å². The number of nitrogens with zero attached hydrogens (tertiary/aromatic N) is 2. The second-order valence-corrected chi connectivity index (χ2v) is 9.33. The zero-order valence-electron chi connectivity index (χ0n) is 20.8. The molecule has 0 aliphatic rings. The monoisotopic (exact) mass is 508 g/mol. The summed E-state index contributed by atoms with van der Waals surface area (Å²) in [6.07, 6.45) is -1.50. The Kier molecular flexibility index (Phi) is 8.03. The van der Waals surface area contributed by atoms with Crippen LogP contribution in [0.2, 0.25) is 0 Å². The summed E-state index contributed by atoms with van der Waals surface area (Å²) in [5.41, 5.74) is 3.69. The molecule has 0 fully saturated rings. The van der Waals surface area contributed by atoms with Crippen molar-refractivity contribution in [2.24, 2.45) is 0 Å². The maximum atomic E-state index is 13.3. The third kappa shape index (κ3) is 5.57. The number of amides is 1. The number of H-pyrrole nitrogens is 1. The van der Waals surface area contributed by atoms with E-state index in [1.165, 1.54) is 4.57 Å². The summed E-state index contributed by atoms with van der Waals surface area (Å²) in [6.45, 7) is 2.91. The Morgan fingerprint density at radius 3 is 2.59 bits per heavy atom. The fourth-order valence-corrected chi connectivity index (χ4v) is 4.39. The molecule has 0 bridgehead atoms. The molecule has 0 spiro atoms. The molecule has 0 radical (unpaired) electrons. The SMILES string of the molecule is Cc1cc2nc(C(=O)NCCCc3c[nH]c4ccccc34)c(=O)n(C[C@H](O)[C@H](O)[C@H](O)CO)c2cc1C. The van der Waals surface area contributed by atoms with Gasteiger partial charge in [0, 0.05) is 23.6 Å². The predicted octanol–water partition coefficient (Wildman–Crippen LogP) is 0.932. The Labute approximate surface area is 213 Å². The first kappa shape index (κ1) is 26.5. The number of para-hydroxylation sites is 1. The van der Waals surface area contributed by atoms with Crippen molar-refractivity contribution in [3.05, 3.63) is 75.3 Å². The zero-order valence-corrected chi connectivity index (χ0v) is 20.8. The van der Waals surface area contributed by atoms with E-state index < -0.39 is 42.9 Å². The van der Waals surface area contributed by atoms with Crippen molar-refractivity contribution >= 4 is 27.8 Å². The van der Waals surface area contributed by atoms with Crippen LogP contribution in [0.15, 0.2) is 47.4 Å². The molecular formula is C27H32N4O6. The molecule has 0 aliphatic carbocycles. The number of hydrogen-bond donors (Lipinski definition) is 6. The van der Waals surface area contributed by atoms with Crippen molar-refractivity contribution in [1.29, 1.82) is 0 Å². The van der Waals surface area contributed by atoms with Gasteiger partial charge >= 0.3 is 0 Å². The van der Waals surface area contributed by atoms with Gasteiger partial charge in [0.15, 0.2) is 5.69 Å². The lowest BCUT2D eigenvalue weighted by Gasteiger charge is -2.23. The van der Waals surface area contributed by atoms with Gasteiger partial charge in [0.1, 0.15) is 18.3 Å². The van der Waals surface area contributed by atoms with Gasteiger partial charge in [0.05, 0.1) is 24.2 Å². The number of fused-ring (bicyclic) bond motifs is 2. The molecule has 0 unspecified atom stereocenters. The fourth-order valence-electron chi connectivity index (χ4n) is 4.39. The van der Waals surface area contributed by atoms with E-state index in [1.54, 1.807) is 12.1 Å². The molecule has 3 atom stereocenters.